The quantitative estimate of drug-likeness (QED) is 0.606. The number of benzene rings is 2. The molecule has 1 aliphatic rings. The van der Waals surface area contributed by atoms with Gasteiger partial charge in [0.1, 0.15) is 17.7 Å². The normalized spacial score (nSPS) is 11.5. The van der Waals surface area contributed by atoms with Gasteiger partial charge < -0.3 is 28.6 Å². The number of hydrogen-bond donors (Lipinski definition) is 1. The number of phenols is 1. The first-order valence-corrected chi connectivity index (χ1v) is 7.46. The molecular formula is C18H15NO6. The molecule has 0 saturated heterocycles. The van der Waals surface area contributed by atoms with Crippen LogP contribution in [0.2, 0.25) is 0 Å². The molecule has 7 nitrogen and oxygen atoms in total. The van der Waals surface area contributed by atoms with Crippen LogP contribution >= 0.6 is 0 Å². The zero-order valence-electron chi connectivity index (χ0n) is 13.8. The van der Waals surface area contributed by atoms with Crippen LogP contribution in [0, 0.1) is 0 Å². The number of rotatable bonds is 3. The second kappa shape index (κ2) is 5.62. The lowest BCUT2D eigenvalue weighted by Gasteiger charge is -2.16. The molecule has 0 fully saturated rings. The molecule has 2 heterocycles. The van der Waals surface area contributed by atoms with Crippen molar-refractivity contribution >= 4 is 0 Å². The summed E-state index contributed by atoms with van der Waals surface area (Å²) in [5.41, 5.74) is 2.51. The number of phenolic OH excluding ortho intramolecular Hbond substituents is 1. The van der Waals surface area contributed by atoms with Crippen LogP contribution in [0.3, 0.4) is 0 Å². The van der Waals surface area contributed by atoms with Crippen molar-refractivity contribution in [2.45, 2.75) is 0 Å². The monoisotopic (exact) mass is 341 g/mol. The highest BCUT2D eigenvalue weighted by molar-refractivity contribution is 5.91. The molecule has 1 N–H and O–H groups in total. The number of nitrogens with zero attached hydrogens (tertiary/aromatic N) is 1. The minimum absolute atomic E-state index is 0.113. The summed E-state index contributed by atoms with van der Waals surface area (Å²) in [5.74, 6) is 1.86. The Hall–Kier alpha value is -3.35. The number of hydrogen-bond acceptors (Lipinski definition) is 7. The Morgan fingerprint density at radius 3 is 2.40 bits per heavy atom. The van der Waals surface area contributed by atoms with E-state index >= 15 is 0 Å². The van der Waals surface area contributed by atoms with Crippen LogP contribution in [0.4, 0.5) is 0 Å². The van der Waals surface area contributed by atoms with Crippen molar-refractivity contribution in [3.63, 3.8) is 0 Å². The number of ether oxygens (including phenoxy) is 4. The van der Waals surface area contributed by atoms with E-state index in [1.807, 2.05) is 0 Å². The molecule has 3 aromatic rings. The maximum absolute atomic E-state index is 10.5. The summed E-state index contributed by atoms with van der Waals surface area (Å²) in [4.78, 5) is 0. The minimum Gasteiger partial charge on any atom is -0.502 e. The highest BCUT2D eigenvalue weighted by Gasteiger charge is 2.30. The topological polar surface area (TPSA) is 83.2 Å². The van der Waals surface area contributed by atoms with Gasteiger partial charge in [0, 0.05) is 11.6 Å². The average Bonchev–Trinajstić information content (AvgIpc) is 3.07. The van der Waals surface area contributed by atoms with Gasteiger partial charge in [-0.1, -0.05) is 5.16 Å². The van der Waals surface area contributed by atoms with E-state index in [0.717, 1.165) is 0 Å². The molecule has 0 saturated carbocycles. The molecule has 25 heavy (non-hydrogen) atoms. The molecule has 2 aromatic carbocycles. The molecule has 7 heteroatoms. The fourth-order valence-corrected chi connectivity index (χ4v) is 2.88. The van der Waals surface area contributed by atoms with E-state index in [1.54, 1.807) is 31.4 Å². The van der Waals surface area contributed by atoms with Crippen molar-refractivity contribution in [3.8, 4) is 56.9 Å². The molecule has 1 aromatic heterocycles. The largest absolute Gasteiger partial charge is 0.502 e. The Morgan fingerprint density at radius 1 is 0.880 bits per heavy atom. The van der Waals surface area contributed by atoms with Gasteiger partial charge >= 0.3 is 0 Å². The second-order valence-electron chi connectivity index (χ2n) is 5.38. The molecule has 0 unspecified atom stereocenters. The maximum atomic E-state index is 10.5. The number of aromatic hydroxyl groups is 1. The van der Waals surface area contributed by atoms with Crippen LogP contribution in [-0.2, 0) is 0 Å². The molecule has 0 atom stereocenters. The molecule has 0 radical (unpaired) electrons. The molecule has 128 valence electrons. The van der Waals surface area contributed by atoms with Crippen LogP contribution in [0.25, 0.3) is 22.4 Å². The van der Waals surface area contributed by atoms with Gasteiger partial charge in [0.25, 0.3) is 0 Å². The van der Waals surface area contributed by atoms with Crippen molar-refractivity contribution in [3.05, 3.63) is 30.5 Å². The maximum Gasteiger partial charge on any atom is 0.202 e. The zero-order valence-corrected chi connectivity index (χ0v) is 13.8. The Bertz CT molecular complexity index is 962. The van der Waals surface area contributed by atoms with E-state index in [0.29, 0.717) is 45.4 Å². The predicted molar refractivity (Wildman–Crippen MR) is 88.8 cm³/mol. The van der Waals surface area contributed by atoms with E-state index < -0.39 is 0 Å². The highest BCUT2D eigenvalue weighted by Crippen LogP contribution is 2.55. The average molecular weight is 341 g/mol. The molecule has 0 amide bonds. The van der Waals surface area contributed by atoms with Crippen molar-refractivity contribution < 1.29 is 28.6 Å². The van der Waals surface area contributed by atoms with Crippen molar-refractivity contribution in [1.82, 2.24) is 5.16 Å². The summed E-state index contributed by atoms with van der Waals surface area (Å²) >= 11 is 0. The third kappa shape index (κ3) is 2.16. The molecular weight excluding hydrogens is 326 g/mol. The Morgan fingerprint density at radius 2 is 1.68 bits per heavy atom. The van der Waals surface area contributed by atoms with Gasteiger partial charge in [-0.25, -0.2) is 0 Å². The SMILES string of the molecule is COc1cc(OC)c2c(c1)-c1nocc1-c1ccc(OC)c(O)c1O2. The van der Waals surface area contributed by atoms with Crippen LogP contribution in [0.1, 0.15) is 0 Å². The van der Waals surface area contributed by atoms with Gasteiger partial charge in [-0.3, -0.25) is 0 Å². The van der Waals surface area contributed by atoms with E-state index in [1.165, 1.54) is 20.5 Å². The lowest BCUT2D eigenvalue weighted by atomic mass is 10.0. The lowest BCUT2D eigenvalue weighted by Crippen LogP contribution is -1.95. The molecule has 0 aliphatic carbocycles. The molecule has 0 bridgehead atoms. The summed E-state index contributed by atoms with van der Waals surface area (Å²) in [6, 6.07) is 6.90. The van der Waals surface area contributed by atoms with Gasteiger partial charge in [-0.15, -0.1) is 0 Å². The van der Waals surface area contributed by atoms with Gasteiger partial charge in [-0.2, -0.15) is 0 Å². The van der Waals surface area contributed by atoms with Crippen LogP contribution in [0.15, 0.2) is 35.1 Å². The standard InChI is InChI=1S/C18H15NO6/c1-21-9-6-11-15-12(8-24-19-15)10-4-5-13(22-2)16(20)18(10)25-17(11)14(7-9)23-3/h4-8,20H,1-3H3. The predicted octanol–water partition coefficient (Wildman–Crippen LogP) is 3.85. The highest BCUT2D eigenvalue weighted by atomic mass is 16.5. The number of fused-ring (bicyclic) bond motifs is 5. The summed E-state index contributed by atoms with van der Waals surface area (Å²) < 4.78 is 27.2. The fraction of sp³-hybridized carbons (Fsp3) is 0.167. The van der Waals surface area contributed by atoms with Crippen LogP contribution in [0.5, 0.6) is 34.5 Å². The van der Waals surface area contributed by atoms with Gasteiger partial charge in [0.15, 0.2) is 23.0 Å². The summed E-state index contributed by atoms with van der Waals surface area (Å²) in [5, 5.41) is 14.6. The van der Waals surface area contributed by atoms with Crippen molar-refractivity contribution in [2.24, 2.45) is 0 Å². The van der Waals surface area contributed by atoms with E-state index in [-0.39, 0.29) is 11.5 Å². The number of aromatic nitrogens is 1. The van der Waals surface area contributed by atoms with Crippen molar-refractivity contribution in [2.75, 3.05) is 21.3 Å². The van der Waals surface area contributed by atoms with Crippen LogP contribution < -0.4 is 18.9 Å². The Labute approximate surface area is 143 Å². The Balaban J connectivity index is 2.07. The third-order valence-corrected chi connectivity index (χ3v) is 4.12. The molecule has 0 spiro atoms. The van der Waals surface area contributed by atoms with Crippen LogP contribution in [-0.4, -0.2) is 31.6 Å². The van der Waals surface area contributed by atoms with Gasteiger partial charge in [-0.05, 0) is 18.2 Å². The fourth-order valence-electron chi connectivity index (χ4n) is 2.88. The first-order chi connectivity index (χ1) is 12.2. The zero-order chi connectivity index (χ0) is 17.6. The lowest BCUT2D eigenvalue weighted by molar-refractivity contribution is 0.343. The van der Waals surface area contributed by atoms with E-state index in [2.05, 4.69) is 5.16 Å². The summed E-state index contributed by atoms with van der Waals surface area (Å²) in [6.07, 6.45) is 1.50. The first kappa shape index (κ1) is 15.2. The first-order valence-electron chi connectivity index (χ1n) is 7.46. The van der Waals surface area contributed by atoms with E-state index in [4.69, 9.17) is 23.5 Å². The number of methoxy groups -OCH3 is 3. The molecule has 4 rings (SSSR count). The van der Waals surface area contributed by atoms with Crippen molar-refractivity contribution in [1.29, 1.82) is 0 Å². The van der Waals surface area contributed by atoms with E-state index in [9.17, 15) is 5.11 Å². The Kier molecular flexibility index (Phi) is 3.42. The second-order valence-corrected chi connectivity index (χ2v) is 5.38. The van der Waals surface area contributed by atoms with Gasteiger partial charge in [0.05, 0.1) is 32.5 Å². The van der Waals surface area contributed by atoms with Gasteiger partial charge in [0.2, 0.25) is 5.75 Å². The minimum atomic E-state index is -0.113. The third-order valence-electron chi connectivity index (χ3n) is 4.12. The summed E-state index contributed by atoms with van der Waals surface area (Å²) in [7, 11) is 4.57. The molecule has 1 aliphatic heterocycles. The smallest absolute Gasteiger partial charge is 0.202 e. The summed E-state index contributed by atoms with van der Waals surface area (Å²) in [6.45, 7) is 0.